The summed E-state index contributed by atoms with van der Waals surface area (Å²) < 4.78 is 1.44. The van der Waals surface area contributed by atoms with Gasteiger partial charge >= 0.3 is 160 Å². The van der Waals surface area contributed by atoms with Crippen LogP contribution in [0.1, 0.15) is 63.3 Å². The Bertz CT molecular complexity index is 775. The van der Waals surface area contributed by atoms with Crippen molar-refractivity contribution in [1.29, 1.82) is 0 Å². The molecule has 0 unspecified atom stereocenters. The van der Waals surface area contributed by atoms with E-state index < -0.39 is 0 Å². The van der Waals surface area contributed by atoms with Gasteiger partial charge in [-0.1, -0.05) is 0 Å². The average Bonchev–Trinajstić information content (AvgIpc) is 2.54. The molecule has 1 aliphatic carbocycles. The Kier molecular flexibility index (Phi) is 4.88. The minimum atomic E-state index is 0.202. The van der Waals surface area contributed by atoms with E-state index in [1.165, 1.54) is 32.3 Å². The van der Waals surface area contributed by atoms with Crippen LogP contribution in [0.4, 0.5) is 0 Å². The number of hydrogen-bond acceptors (Lipinski definition) is 0. The van der Waals surface area contributed by atoms with Crippen molar-refractivity contribution < 1.29 is 0 Å². The Morgan fingerprint density at radius 3 is 2.25 bits per heavy atom. The summed E-state index contributed by atoms with van der Waals surface area (Å²) in [6.07, 6.45) is 3.53. The molecular formula is C22H25Se2. The third kappa shape index (κ3) is 3.44. The Balaban J connectivity index is 2.06. The normalized spacial score (nSPS) is 16.5. The molecule has 0 saturated carbocycles. The molecular weight excluding hydrogens is 422 g/mol. The van der Waals surface area contributed by atoms with Gasteiger partial charge in [-0.2, -0.15) is 0 Å². The molecule has 0 saturated heterocycles. The molecule has 0 aromatic heterocycles. The average molecular weight is 447 g/mol. The molecule has 3 rings (SSSR count). The Hall–Kier alpha value is -0.781. The molecule has 1 aliphatic rings. The topological polar surface area (TPSA) is 0 Å². The van der Waals surface area contributed by atoms with E-state index in [-0.39, 0.29) is 10.8 Å². The van der Waals surface area contributed by atoms with Crippen LogP contribution < -0.4 is 4.46 Å². The summed E-state index contributed by atoms with van der Waals surface area (Å²) in [5, 5.41) is 0. The van der Waals surface area contributed by atoms with Crippen LogP contribution in [-0.2, 0) is 10.8 Å². The van der Waals surface area contributed by atoms with Crippen molar-refractivity contribution in [3.63, 3.8) is 0 Å². The van der Waals surface area contributed by atoms with Gasteiger partial charge in [0, 0.05) is 0 Å². The molecule has 0 spiro atoms. The van der Waals surface area contributed by atoms with E-state index in [1.54, 1.807) is 0 Å². The van der Waals surface area contributed by atoms with Gasteiger partial charge in [-0.3, -0.25) is 0 Å². The molecule has 0 atom stereocenters. The van der Waals surface area contributed by atoms with Crippen molar-refractivity contribution >= 4 is 37.4 Å². The minimum absolute atomic E-state index is 0.202. The summed E-state index contributed by atoms with van der Waals surface area (Å²) in [5.41, 5.74) is 7.43. The van der Waals surface area contributed by atoms with Gasteiger partial charge in [0.15, 0.2) is 0 Å². The summed E-state index contributed by atoms with van der Waals surface area (Å²) in [5.74, 6) is 0. The summed E-state index contributed by atoms with van der Waals surface area (Å²) in [4.78, 5) is 0. The Morgan fingerprint density at radius 1 is 1.00 bits per heavy atom. The second-order valence-electron chi connectivity index (χ2n) is 8.32. The molecule has 0 nitrogen and oxygen atoms in total. The van der Waals surface area contributed by atoms with Crippen molar-refractivity contribution in [3.05, 3.63) is 70.8 Å². The number of rotatable bonds is 2. The van der Waals surface area contributed by atoms with Crippen LogP contribution in [0.2, 0.25) is 0 Å². The Labute approximate surface area is 159 Å². The van der Waals surface area contributed by atoms with E-state index in [0.29, 0.717) is 13.1 Å². The van der Waals surface area contributed by atoms with Crippen molar-refractivity contribution in [2.24, 2.45) is 0 Å². The third-order valence-electron chi connectivity index (χ3n) is 4.98. The molecule has 0 fully saturated rings. The van der Waals surface area contributed by atoms with Gasteiger partial charge in [0.1, 0.15) is 0 Å². The maximum atomic E-state index is 3.20. The molecule has 2 aromatic carbocycles. The quantitative estimate of drug-likeness (QED) is 0.595. The third-order valence-corrected chi connectivity index (χ3v) is 8.02. The summed E-state index contributed by atoms with van der Waals surface area (Å²) >= 11 is 3.64. The molecule has 1 radical (unpaired) electrons. The van der Waals surface area contributed by atoms with Crippen molar-refractivity contribution in [2.75, 3.05) is 0 Å². The van der Waals surface area contributed by atoms with Crippen molar-refractivity contribution in [2.45, 2.75) is 51.9 Å². The summed E-state index contributed by atoms with van der Waals surface area (Å²) in [6.45, 7) is 11.5. The van der Waals surface area contributed by atoms with E-state index in [4.69, 9.17) is 0 Å². The first kappa shape index (κ1) is 18.0. The first-order valence-corrected chi connectivity index (χ1v) is 13.7. The first-order valence-electron chi connectivity index (χ1n) is 8.48. The van der Waals surface area contributed by atoms with E-state index >= 15 is 0 Å². The van der Waals surface area contributed by atoms with Crippen molar-refractivity contribution in [1.82, 2.24) is 0 Å². The molecule has 2 heteroatoms. The standard InChI is InChI=1S/C22H25Se2/c1-21(2,3)16-8-6-15(7-9-16)18-12-13-22(4,5)20-14-17(24-23)10-11-19(18)20/h6-12,14H,13H2,1-5H3. The zero-order valence-corrected chi connectivity index (χ0v) is 18.6. The fraction of sp³-hybridized carbons (Fsp3) is 0.364. The number of benzene rings is 2. The molecule has 0 bridgehead atoms. The maximum absolute atomic E-state index is 3.20. The van der Waals surface area contributed by atoms with E-state index in [2.05, 4.69) is 97.3 Å². The van der Waals surface area contributed by atoms with Crippen LogP contribution in [0.25, 0.3) is 5.57 Å². The van der Waals surface area contributed by atoms with Crippen LogP contribution in [0, 0.1) is 0 Å². The molecule has 0 aliphatic heterocycles. The first-order chi connectivity index (χ1) is 11.2. The van der Waals surface area contributed by atoms with Gasteiger partial charge in [-0.05, 0) is 0 Å². The zero-order valence-electron chi connectivity index (χ0n) is 15.1. The van der Waals surface area contributed by atoms with Crippen LogP contribution in [0.3, 0.4) is 0 Å². The molecule has 0 heterocycles. The van der Waals surface area contributed by atoms with Gasteiger partial charge in [-0.15, -0.1) is 0 Å². The van der Waals surface area contributed by atoms with Crippen LogP contribution >= 0.6 is 0 Å². The second-order valence-corrected chi connectivity index (χ2v) is 11.5. The molecule has 0 N–H and O–H groups in total. The summed E-state index contributed by atoms with van der Waals surface area (Å²) in [7, 11) is 0. The SMILES string of the molecule is CC(C)(C)c1ccc(C2=CCC(C)(C)c3cc([Se][Se])ccc32)cc1. The number of allylic oxidation sites excluding steroid dienone is 1. The number of fused-ring (bicyclic) bond motifs is 1. The number of hydrogen-bond donors (Lipinski definition) is 0. The monoisotopic (exact) mass is 449 g/mol. The van der Waals surface area contributed by atoms with Crippen LogP contribution in [-0.4, -0.2) is 27.3 Å². The van der Waals surface area contributed by atoms with Gasteiger partial charge < -0.3 is 0 Å². The zero-order chi connectivity index (χ0) is 17.5. The second kappa shape index (κ2) is 6.50. The van der Waals surface area contributed by atoms with Crippen LogP contribution in [0.15, 0.2) is 48.5 Å². The van der Waals surface area contributed by atoms with E-state index in [0.717, 1.165) is 6.42 Å². The molecule has 2 aromatic rings. The molecule has 0 amide bonds. The predicted molar refractivity (Wildman–Crippen MR) is 107 cm³/mol. The summed E-state index contributed by atoms with van der Waals surface area (Å²) in [6, 6.07) is 16.2. The fourth-order valence-electron chi connectivity index (χ4n) is 3.37. The van der Waals surface area contributed by atoms with Gasteiger partial charge in [0.25, 0.3) is 0 Å². The van der Waals surface area contributed by atoms with Gasteiger partial charge in [0.2, 0.25) is 0 Å². The van der Waals surface area contributed by atoms with E-state index in [1.807, 2.05) is 0 Å². The predicted octanol–water partition coefficient (Wildman–Crippen LogP) is 4.51. The van der Waals surface area contributed by atoms with Gasteiger partial charge in [0.05, 0.1) is 0 Å². The van der Waals surface area contributed by atoms with Crippen molar-refractivity contribution in [3.8, 4) is 0 Å². The Morgan fingerprint density at radius 2 is 1.67 bits per heavy atom. The fourth-order valence-corrected chi connectivity index (χ4v) is 5.11. The molecule has 125 valence electrons. The van der Waals surface area contributed by atoms with E-state index in [9.17, 15) is 0 Å². The molecule has 24 heavy (non-hydrogen) atoms. The van der Waals surface area contributed by atoms with Gasteiger partial charge in [-0.25, -0.2) is 0 Å². The van der Waals surface area contributed by atoms with Crippen LogP contribution in [0.5, 0.6) is 0 Å².